The van der Waals surface area contributed by atoms with Crippen LogP contribution in [0.3, 0.4) is 0 Å². The van der Waals surface area contributed by atoms with Crippen LogP contribution in [-0.4, -0.2) is 0 Å². The third-order valence-electron chi connectivity index (χ3n) is 5.27. The summed E-state index contributed by atoms with van der Waals surface area (Å²) in [5.41, 5.74) is 5.79. The van der Waals surface area contributed by atoms with Crippen molar-refractivity contribution in [2.45, 2.75) is 52.4 Å². The number of fused-ring (bicyclic) bond motifs is 1. The fourth-order valence-electron chi connectivity index (χ4n) is 4.30. The smallest absolute Gasteiger partial charge is 0.0345 e. The molecule has 0 bridgehead atoms. The fourth-order valence-corrected chi connectivity index (χ4v) is 5.81. The summed E-state index contributed by atoms with van der Waals surface area (Å²) >= 11 is 3.65. The molecule has 0 fully saturated rings. The second-order valence-corrected chi connectivity index (χ2v) is 11.4. The predicted molar refractivity (Wildman–Crippen MR) is 128 cm³/mol. The summed E-state index contributed by atoms with van der Waals surface area (Å²) in [5, 5.41) is 7.13. The lowest BCUT2D eigenvalue weighted by Gasteiger charge is -2.29. The molecule has 0 atom stereocenters. The van der Waals surface area contributed by atoms with Crippen LogP contribution in [0, 0.1) is 0 Å². The Bertz CT molecular complexity index is 1010. The highest BCUT2D eigenvalue weighted by Crippen LogP contribution is 2.45. The Morgan fingerprint density at radius 3 is 1.21 bits per heavy atom. The van der Waals surface area contributed by atoms with E-state index in [1.165, 1.54) is 42.8 Å². The lowest BCUT2D eigenvalue weighted by atomic mass is 9.75. The molecule has 0 saturated heterocycles. The van der Waals surface area contributed by atoms with Crippen LogP contribution in [0.4, 0.5) is 0 Å². The van der Waals surface area contributed by atoms with Crippen LogP contribution in [0.15, 0.2) is 59.3 Å². The van der Waals surface area contributed by atoms with Crippen molar-refractivity contribution in [2.75, 3.05) is 0 Å². The quantitative estimate of drug-likeness (QED) is 0.313. The highest BCUT2D eigenvalue weighted by molar-refractivity contribution is 7.13. The SMILES string of the molecule is CC(C)(C)c1c(-c2cccs2)ccc2c(C(C)(C)C)c(-c3cccs3)ccc12. The van der Waals surface area contributed by atoms with Gasteiger partial charge in [-0.3, -0.25) is 0 Å². The van der Waals surface area contributed by atoms with Gasteiger partial charge in [0.05, 0.1) is 0 Å². The zero-order chi connectivity index (χ0) is 20.1. The summed E-state index contributed by atoms with van der Waals surface area (Å²) in [6, 6.07) is 18.2. The van der Waals surface area contributed by atoms with E-state index in [0.29, 0.717) is 0 Å². The molecule has 2 heteroatoms. The molecule has 0 aliphatic rings. The highest BCUT2D eigenvalue weighted by atomic mass is 32.1. The molecule has 0 saturated carbocycles. The van der Waals surface area contributed by atoms with E-state index in [-0.39, 0.29) is 10.8 Å². The van der Waals surface area contributed by atoms with Gasteiger partial charge >= 0.3 is 0 Å². The summed E-state index contributed by atoms with van der Waals surface area (Å²) in [5.74, 6) is 0. The van der Waals surface area contributed by atoms with Crippen molar-refractivity contribution in [3.05, 3.63) is 70.4 Å². The summed E-state index contributed by atoms with van der Waals surface area (Å²) < 4.78 is 0. The molecule has 0 aliphatic heterocycles. The first-order valence-electron chi connectivity index (χ1n) is 9.86. The number of thiophene rings is 2. The highest BCUT2D eigenvalue weighted by Gasteiger charge is 2.27. The zero-order valence-electron chi connectivity index (χ0n) is 17.6. The van der Waals surface area contributed by atoms with Crippen molar-refractivity contribution in [3.8, 4) is 20.9 Å². The first kappa shape index (κ1) is 19.4. The van der Waals surface area contributed by atoms with Gasteiger partial charge in [0.15, 0.2) is 0 Å². The molecule has 0 amide bonds. The van der Waals surface area contributed by atoms with Crippen LogP contribution >= 0.6 is 22.7 Å². The van der Waals surface area contributed by atoms with E-state index in [9.17, 15) is 0 Å². The van der Waals surface area contributed by atoms with Gasteiger partial charge in [-0.05, 0) is 66.7 Å². The number of rotatable bonds is 2. The van der Waals surface area contributed by atoms with Gasteiger partial charge < -0.3 is 0 Å². The molecular formula is C26H28S2. The van der Waals surface area contributed by atoms with Crippen molar-refractivity contribution < 1.29 is 0 Å². The van der Waals surface area contributed by atoms with Crippen molar-refractivity contribution in [1.29, 1.82) is 0 Å². The molecule has 0 unspecified atom stereocenters. The van der Waals surface area contributed by atoms with Gasteiger partial charge in [-0.1, -0.05) is 77.9 Å². The normalized spacial score (nSPS) is 12.6. The number of benzene rings is 2. The van der Waals surface area contributed by atoms with Crippen molar-refractivity contribution >= 4 is 33.4 Å². The molecule has 0 spiro atoms. The first-order valence-corrected chi connectivity index (χ1v) is 11.6. The second-order valence-electron chi connectivity index (χ2n) is 9.53. The lowest BCUT2D eigenvalue weighted by Crippen LogP contribution is -2.17. The summed E-state index contributed by atoms with van der Waals surface area (Å²) in [4.78, 5) is 2.71. The third kappa shape index (κ3) is 3.33. The summed E-state index contributed by atoms with van der Waals surface area (Å²) in [6.07, 6.45) is 0. The zero-order valence-corrected chi connectivity index (χ0v) is 19.2. The first-order chi connectivity index (χ1) is 13.2. The van der Waals surface area contributed by atoms with E-state index in [4.69, 9.17) is 0 Å². The van der Waals surface area contributed by atoms with Crippen LogP contribution in [0.5, 0.6) is 0 Å². The van der Waals surface area contributed by atoms with Crippen LogP contribution in [-0.2, 0) is 10.8 Å². The van der Waals surface area contributed by atoms with Crippen molar-refractivity contribution in [3.63, 3.8) is 0 Å². The molecule has 4 aromatic rings. The average molecular weight is 405 g/mol. The van der Waals surface area contributed by atoms with Gasteiger partial charge in [0.1, 0.15) is 0 Å². The van der Waals surface area contributed by atoms with E-state index < -0.39 is 0 Å². The Kier molecular flexibility index (Phi) is 4.76. The minimum Gasteiger partial charge on any atom is -0.144 e. The number of hydrogen-bond acceptors (Lipinski definition) is 2. The maximum absolute atomic E-state index is 2.36. The van der Waals surface area contributed by atoms with Gasteiger partial charge in [0.25, 0.3) is 0 Å². The lowest BCUT2D eigenvalue weighted by molar-refractivity contribution is 0.592. The molecule has 2 aromatic heterocycles. The van der Waals surface area contributed by atoms with Gasteiger partial charge in [0, 0.05) is 9.75 Å². The van der Waals surface area contributed by atoms with E-state index in [2.05, 4.69) is 101 Å². The average Bonchev–Trinajstić information content (AvgIpc) is 3.31. The van der Waals surface area contributed by atoms with Crippen LogP contribution < -0.4 is 0 Å². The van der Waals surface area contributed by atoms with Crippen molar-refractivity contribution in [2.24, 2.45) is 0 Å². The standard InChI is InChI=1S/C26H28S2/c1-25(2,3)23-17-11-14-20(22-10-8-16-28-22)24(26(4,5)6)18(17)12-13-19(23)21-9-7-15-27-21/h7-16H,1-6H3. The topological polar surface area (TPSA) is 0 Å². The molecule has 2 heterocycles. The van der Waals surface area contributed by atoms with E-state index >= 15 is 0 Å². The Morgan fingerprint density at radius 1 is 0.536 bits per heavy atom. The fraction of sp³-hybridized carbons (Fsp3) is 0.308. The van der Waals surface area contributed by atoms with Crippen LogP contribution in [0.25, 0.3) is 31.7 Å². The molecule has 144 valence electrons. The molecule has 4 rings (SSSR count). The third-order valence-corrected chi connectivity index (χ3v) is 7.08. The molecule has 0 aliphatic carbocycles. The van der Waals surface area contributed by atoms with Crippen LogP contribution in [0.2, 0.25) is 0 Å². The van der Waals surface area contributed by atoms with Gasteiger partial charge in [0.2, 0.25) is 0 Å². The Hall–Kier alpha value is -1.90. The van der Waals surface area contributed by atoms with Gasteiger partial charge in [-0.2, -0.15) is 0 Å². The minimum absolute atomic E-state index is 0.0679. The van der Waals surface area contributed by atoms with E-state index in [0.717, 1.165) is 0 Å². The predicted octanol–water partition coefficient (Wildman–Crippen LogP) is 8.89. The molecule has 0 nitrogen and oxygen atoms in total. The molecule has 0 N–H and O–H groups in total. The molecule has 0 radical (unpaired) electrons. The largest absolute Gasteiger partial charge is 0.144 e. The van der Waals surface area contributed by atoms with Gasteiger partial charge in [-0.25, -0.2) is 0 Å². The van der Waals surface area contributed by atoms with E-state index in [1.54, 1.807) is 0 Å². The molecule has 28 heavy (non-hydrogen) atoms. The minimum atomic E-state index is 0.0679. The summed E-state index contributed by atoms with van der Waals surface area (Å²) in [6.45, 7) is 14.0. The maximum Gasteiger partial charge on any atom is 0.0345 e. The molecular weight excluding hydrogens is 376 g/mol. The second kappa shape index (κ2) is 6.86. The molecule has 2 aromatic carbocycles. The van der Waals surface area contributed by atoms with E-state index in [1.807, 2.05) is 22.7 Å². The Labute approximate surface area is 176 Å². The maximum atomic E-state index is 2.36. The van der Waals surface area contributed by atoms with Gasteiger partial charge in [-0.15, -0.1) is 22.7 Å². The Morgan fingerprint density at radius 2 is 0.929 bits per heavy atom. The number of hydrogen-bond donors (Lipinski definition) is 0. The Balaban J connectivity index is 2.13. The monoisotopic (exact) mass is 404 g/mol. The summed E-state index contributed by atoms with van der Waals surface area (Å²) in [7, 11) is 0. The van der Waals surface area contributed by atoms with Crippen LogP contribution in [0.1, 0.15) is 52.7 Å². The van der Waals surface area contributed by atoms with Crippen molar-refractivity contribution in [1.82, 2.24) is 0 Å².